The van der Waals surface area contributed by atoms with Crippen molar-refractivity contribution in [3.05, 3.63) is 42.0 Å². The molecule has 0 bridgehead atoms. The molecule has 3 nitrogen and oxygen atoms in total. The zero-order valence-electron chi connectivity index (χ0n) is 12.5. The Balaban J connectivity index is 1.71. The first-order valence-corrected chi connectivity index (χ1v) is 7.81. The van der Waals surface area contributed by atoms with Gasteiger partial charge in [-0.05, 0) is 31.6 Å². The summed E-state index contributed by atoms with van der Waals surface area (Å²) < 4.78 is 5.74. The molecule has 2 aromatic rings. The van der Waals surface area contributed by atoms with Crippen molar-refractivity contribution in [1.29, 1.82) is 0 Å². The summed E-state index contributed by atoms with van der Waals surface area (Å²) in [7, 11) is 0. The van der Waals surface area contributed by atoms with Gasteiger partial charge in [-0.3, -0.25) is 0 Å². The molecule has 1 aliphatic heterocycles. The van der Waals surface area contributed by atoms with Gasteiger partial charge in [-0.2, -0.15) is 0 Å². The number of aromatic hydroxyl groups is 1. The van der Waals surface area contributed by atoms with Gasteiger partial charge in [0.15, 0.2) is 0 Å². The fraction of sp³-hybridized carbons (Fsp3) is 0.444. The Morgan fingerprint density at radius 1 is 1.24 bits per heavy atom. The topological polar surface area (TPSA) is 41.5 Å². The fourth-order valence-electron chi connectivity index (χ4n) is 3.01. The highest BCUT2D eigenvalue weighted by atomic mass is 16.5. The Kier molecular flexibility index (Phi) is 4.42. The average molecular weight is 285 g/mol. The summed E-state index contributed by atoms with van der Waals surface area (Å²) >= 11 is 0. The molecule has 3 heteroatoms. The summed E-state index contributed by atoms with van der Waals surface area (Å²) in [5.74, 6) is 0.387. The van der Waals surface area contributed by atoms with E-state index in [0.29, 0.717) is 11.9 Å². The molecule has 2 atom stereocenters. The van der Waals surface area contributed by atoms with E-state index < -0.39 is 0 Å². The molecule has 0 aliphatic carbocycles. The second-order valence-corrected chi connectivity index (χ2v) is 5.84. The third-order valence-electron chi connectivity index (χ3n) is 4.32. The van der Waals surface area contributed by atoms with Gasteiger partial charge in [0, 0.05) is 30.1 Å². The van der Waals surface area contributed by atoms with Gasteiger partial charge >= 0.3 is 0 Å². The van der Waals surface area contributed by atoms with Crippen molar-refractivity contribution < 1.29 is 9.84 Å². The normalized spacial score (nSPS) is 20.5. The molecule has 0 radical (unpaired) electrons. The number of fused-ring (bicyclic) bond motifs is 1. The molecule has 1 heterocycles. The van der Waals surface area contributed by atoms with E-state index in [-0.39, 0.29) is 6.04 Å². The lowest BCUT2D eigenvalue weighted by molar-refractivity contribution is 0.0156. The Hall–Kier alpha value is -1.58. The molecule has 0 spiro atoms. The lowest BCUT2D eigenvalue weighted by Crippen LogP contribution is -2.33. The number of hydrogen-bond acceptors (Lipinski definition) is 3. The van der Waals surface area contributed by atoms with Gasteiger partial charge in [0.05, 0.1) is 6.10 Å². The van der Waals surface area contributed by atoms with Crippen molar-refractivity contribution in [2.24, 2.45) is 0 Å². The van der Waals surface area contributed by atoms with Crippen LogP contribution in [0.5, 0.6) is 5.75 Å². The second-order valence-electron chi connectivity index (χ2n) is 5.84. The summed E-state index contributed by atoms with van der Waals surface area (Å²) in [5.41, 5.74) is 0.949. The highest BCUT2D eigenvalue weighted by molar-refractivity contribution is 5.89. The molecule has 21 heavy (non-hydrogen) atoms. The first-order chi connectivity index (χ1) is 10.3. The van der Waals surface area contributed by atoms with Crippen LogP contribution in [0.3, 0.4) is 0 Å². The zero-order valence-corrected chi connectivity index (χ0v) is 12.5. The number of nitrogens with one attached hydrogen (secondary N) is 1. The molecular weight excluding hydrogens is 262 g/mol. The lowest BCUT2D eigenvalue weighted by atomic mass is 10.0. The van der Waals surface area contributed by atoms with E-state index in [1.807, 2.05) is 30.3 Å². The predicted octanol–water partition coefficient (Wildman–Crippen LogP) is 3.77. The number of ether oxygens (including phenoxy) is 1. The van der Waals surface area contributed by atoms with Crippen LogP contribution in [0.2, 0.25) is 0 Å². The van der Waals surface area contributed by atoms with Crippen LogP contribution in [0.15, 0.2) is 36.4 Å². The molecule has 1 saturated heterocycles. The van der Waals surface area contributed by atoms with Gasteiger partial charge in [0.25, 0.3) is 0 Å². The number of phenolic OH excluding ortho intramolecular Hbond substituents is 1. The molecule has 0 saturated carbocycles. The Labute approximate surface area is 125 Å². The third-order valence-corrected chi connectivity index (χ3v) is 4.32. The Morgan fingerprint density at radius 3 is 2.90 bits per heavy atom. The third kappa shape index (κ3) is 3.20. The molecule has 112 valence electrons. The standard InChI is InChI=1S/C18H23NO2/c1-13(19-12-15-7-4-5-11-21-15)16-10-9-14-6-2-3-8-17(14)18(16)20/h2-3,6,8-10,13,15,19-20H,4-5,7,11-12H2,1H3. The number of phenols is 1. The van der Waals surface area contributed by atoms with Crippen LogP contribution >= 0.6 is 0 Å². The van der Waals surface area contributed by atoms with Crippen molar-refractivity contribution in [3.63, 3.8) is 0 Å². The fourth-order valence-corrected chi connectivity index (χ4v) is 3.01. The quantitative estimate of drug-likeness (QED) is 0.898. The van der Waals surface area contributed by atoms with E-state index in [1.165, 1.54) is 12.8 Å². The highest BCUT2D eigenvalue weighted by Crippen LogP contribution is 2.32. The van der Waals surface area contributed by atoms with E-state index in [4.69, 9.17) is 4.74 Å². The van der Waals surface area contributed by atoms with Gasteiger partial charge in [0.2, 0.25) is 0 Å². The van der Waals surface area contributed by atoms with Gasteiger partial charge in [-0.25, -0.2) is 0 Å². The minimum Gasteiger partial charge on any atom is -0.507 e. The number of hydrogen-bond donors (Lipinski definition) is 2. The summed E-state index contributed by atoms with van der Waals surface area (Å²) in [5, 5.41) is 16.0. The minimum atomic E-state index is 0.111. The first kappa shape index (κ1) is 14.4. The van der Waals surface area contributed by atoms with E-state index in [9.17, 15) is 5.11 Å². The molecule has 1 aliphatic rings. The molecule has 2 N–H and O–H groups in total. The Bertz CT molecular complexity index is 605. The molecule has 0 aromatic heterocycles. The summed E-state index contributed by atoms with van der Waals surface area (Å²) in [4.78, 5) is 0. The van der Waals surface area contributed by atoms with Crippen LogP contribution in [-0.2, 0) is 4.74 Å². The van der Waals surface area contributed by atoms with Crippen molar-refractivity contribution in [1.82, 2.24) is 5.32 Å². The number of rotatable bonds is 4. The van der Waals surface area contributed by atoms with Gasteiger partial charge in [0.1, 0.15) is 5.75 Å². The monoisotopic (exact) mass is 285 g/mol. The van der Waals surface area contributed by atoms with E-state index in [1.54, 1.807) is 0 Å². The summed E-state index contributed by atoms with van der Waals surface area (Å²) in [6.45, 7) is 3.81. The van der Waals surface area contributed by atoms with Crippen LogP contribution in [0.25, 0.3) is 10.8 Å². The van der Waals surface area contributed by atoms with E-state index in [0.717, 1.165) is 35.9 Å². The minimum absolute atomic E-state index is 0.111. The maximum absolute atomic E-state index is 10.5. The van der Waals surface area contributed by atoms with Crippen molar-refractivity contribution in [2.75, 3.05) is 13.2 Å². The van der Waals surface area contributed by atoms with Crippen LogP contribution in [0.4, 0.5) is 0 Å². The maximum Gasteiger partial charge on any atom is 0.128 e. The number of benzene rings is 2. The van der Waals surface area contributed by atoms with Crippen LogP contribution in [-0.4, -0.2) is 24.4 Å². The zero-order chi connectivity index (χ0) is 14.7. The smallest absolute Gasteiger partial charge is 0.128 e. The second kappa shape index (κ2) is 6.46. The van der Waals surface area contributed by atoms with Crippen LogP contribution < -0.4 is 5.32 Å². The highest BCUT2D eigenvalue weighted by Gasteiger charge is 2.17. The summed E-state index contributed by atoms with van der Waals surface area (Å²) in [6, 6.07) is 12.1. The molecule has 3 rings (SSSR count). The summed E-state index contributed by atoms with van der Waals surface area (Å²) in [6.07, 6.45) is 3.87. The van der Waals surface area contributed by atoms with E-state index in [2.05, 4.69) is 18.3 Å². The van der Waals surface area contributed by atoms with Crippen molar-refractivity contribution >= 4 is 10.8 Å². The first-order valence-electron chi connectivity index (χ1n) is 7.81. The SMILES string of the molecule is CC(NCC1CCCCO1)c1ccc2ccccc2c1O. The largest absolute Gasteiger partial charge is 0.507 e. The molecule has 2 unspecified atom stereocenters. The molecule has 0 amide bonds. The molecular formula is C18H23NO2. The Morgan fingerprint density at radius 2 is 2.10 bits per heavy atom. The predicted molar refractivity (Wildman–Crippen MR) is 85.6 cm³/mol. The maximum atomic E-state index is 10.5. The van der Waals surface area contributed by atoms with Gasteiger partial charge < -0.3 is 15.2 Å². The lowest BCUT2D eigenvalue weighted by Gasteiger charge is -2.25. The van der Waals surface area contributed by atoms with Gasteiger partial charge in [-0.1, -0.05) is 36.4 Å². The average Bonchev–Trinajstić information content (AvgIpc) is 2.54. The van der Waals surface area contributed by atoms with E-state index >= 15 is 0 Å². The molecule has 1 fully saturated rings. The van der Waals surface area contributed by atoms with Crippen LogP contribution in [0, 0.1) is 0 Å². The van der Waals surface area contributed by atoms with Crippen LogP contribution in [0.1, 0.15) is 37.8 Å². The molecule has 2 aromatic carbocycles. The van der Waals surface area contributed by atoms with Gasteiger partial charge in [-0.15, -0.1) is 0 Å². The van der Waals surface area contributed by atoms with Crippen molar-refractivity contribution in [2.45, 2.75) is 38.3 Å². The van der Waals surface area contributed by atoms with Crippen molar-refractivity contribution in [3.8, 4) is 5.75 Å².